The third-order valence-corrected chi connectivity index (χ3v) is 5.61. The first kappa shape index (κ1) is 16.3. The maximum atomic E-state index is 12.7. The molecule has 6 heteroatoms. The van der Waals surface area contributed by atoms with E-state index in [9.17, 15) is 4.79 Å². The summed E-state index contributed by atoms with van der Waals surface area (Å²) < 4.78 is 1.66. The molecule has 1 aromatic carbocycles. The summed E-state index contributed by atoms with van der Waals surface area (Å²) in [5, 5.41) is 11.6. The van der Waals surface area contributed by atoms with E-state index >= 15 is 0 Å². The van der Waals surface area contributed by atoms with E-state index in [0.29, 0.717) is 5.69 Å². The van der Waals surface area contributed by atoms with Gasteiger partial charge in [0, 0.05) is 13.1 Å². The molecule has 0 unspecified atom stereocenters. The van der Waals surface area contributed by atoms with Crippen molar-refractivity contribution in [2.75, 3.05) is 26.2 Å². The van der Waals surface area contributed by atoms with Crippen molar-refractivity contribution in [1.29, 1.82) is 0 Å². The van der Waals surface area contributed by atoms with Gasteiger partial charge in [0.15, 0.2) is 5.69 Å². The monoisotopic (exact) mass is 339 g/mol. The number of rotatable bonds is 3. The van der Waals surface area contributed by atoms with Crippen LogP contribution >= 0.6 is 0 Å². The van der Waals surface area contributed by atoms with Crippen LogP contribution in [-0.2, 0) is 0 Å². The highest BCUT2D eigenvalue weighted by Gasteiger charge is 2.30. The number of carbonyl (C=O) groups is 1. The zero-order valence-electron chi connectivity index (χ0n) is 14.5. The van der Waals surface area contributed by atoms with Crippen molar-refractivity contribution in [3.8, 4) is 5.69 Å². The molecule has 0 atom stereocenters. The highest BCUT2D eigenvalue weighted by atomic mass is 16.2. The predicted molar refractivity (Wildman–Crippen MR) is 95.6 cm³/mol. The quantitative estimate of drug-likeness (QED) is 0.930. The van der Waals surface area contributed by atoms with Crippen LogP contribution in [0, 0.1) is 11.8 Å². The van der Waals surface area contributed by atoms with E-state index in [2.05, 4.69) is 15.6 Å². The Morgan fingerprint density at radius 3 is 2.40 bits per heavy atom. The second-order valence-electron chi connectivity index (χ2n) is 7.10. The van der Waals surface area contributed by atoms with Crippen molar-refractivity contribution >= 4 is 5.91 Å². The summed E-state index contributed by atoms with van der Waals surface area (Å²) in [6, 6.07) is 9.76. The van der Waals surface area contributed by atoms with Crippen LogP contribution < -0.4 is 5.32 Å². The zero-order valence-corrected chi connectivity index (χ0v) is 14.5. The second kappa shape index (κ2) is 7.35. The first-order valence-corrected chi connectivity index (χ1v) is 9.29. The molecule has 2 aliphatic heterocycles. The molecule has 0 spiro atoms. The van der Waals surface area contributed by atoms with Crippen molar-refractivity contribution < 1.29 is 4.79 Å². The molecule has 0 radical (unpaired) electrons. The molecule has 4 rings (SSSR count). The Balaban J connectivity index is 1.37. The fourth-order valence-electron chi connectivity index (χ4n) is 4.12. The number of benzene rings is 1. The molecular formula is C19H25N5O. The van der Waals surface area contributed by atoms with Gasteiger partial charge in [-0.25, -0.2) is 4.68 Å². The minimum Gasteiger partial charge on any atom is -0.337 e. The van der Waals surface area contributed by atoms with E-state index in [1.165, 1.54) is 12.8 Å². The molecule has 0 aliphatic carbocycles. The summed E-state index contributed by atoms with van der Waals surface area (Å²) in [5.41, 5.74) is 1.35. The van der Waals surface area contributed by atoms with E-state index in [-0.39, 0.29) is 5.91 Å². The van der Waals surface area contributed by atoms with Crippen molar-refractivity contribution in [2.45, 2.75) is 25.7 Å². The first-order chi connectivity index (χ1) is 12.3. The van der Waals surface area contributed by atoms with Crippen LogP contribution in [0.3, 0.4) is 0 Å². The van der Waals surface area contributed by atoms with E-state index in [1.807, 2.05) is 35.2 Å². The predicted octanol–water partition coefficient (Wildman–Crippen LogP) is 2.12. The Hall–Kier alpha value is -2.21. The number of hydrogen-bond donors (Lipinski definition) is 1. The Labute approximate surface area is 148 Å². The number of nitrogens with one attached hydrogen (secondary N) is 1. The van der Waals surface area contributed by atoms with Gasteiger partial charge >= 0.3 is 0 Å². The fraction of sp³-hybridized carbons (Fsp3) is 0.526. The molecule has 1 aromatic heterocycles. The summed E-state index contributed by atoms with van der Waals surface area (Å²) in [6.45, 7) is 3.97. The maximum absolute atomic E-state index is 12.7. The normalized spacial score (nSPS) is 19.9. The van der Waals surface area contributed by atoms with Gasteiger partial charge < -0.3 is 10.2 Å². The van der Waals surface area contributed by atoms with Gasteiger partial charge in [0.05, 0.1) is 11.9 Å². The van der Waals surface area contributed by atoms with Crippen LogP contribution in [-0.4, -0.2) is 52.0 Å². The lowest BCUT2D eigenvalue weighted by molar-refractivity contribution is 0.0636. The summed E-state index contributed by atoms with van der Waals surface area (Å²) in [6.07, 6.45) is 6.52. The Morgan fingerprint density at radius 1 is 1.00 bits per heavy atom. The summed E-state index contributed by atoms with van der Waals surface area (Å²) >= 11 is 0. The van der Waals surface area contributed by atoms with E-state index in [1.54, 1.807) is 10.9 Å². The van der Waals surface area contributed by atoms with Crippen LogP contribution in [0.5, 0.6) is 0 Å². The van der Waals surface area contributed by atoms with Gasteiger partial charge in [-0.1, -0.05) is 23.4 Å². The number of nitrogens with zero attached hydrogens (tertiary/aromatic N) is 4. The molecule has 2 aromatic rings. The van der Waals surface area contributed by atoms with Crippen molar-refractivity contribution in [1.82, 2.24) is 25.2 Å². The van der Waals surface area contributed by atoms with Gasteiger partial charge in [-0.05, 0) is 62.7 Å². The molecule has 3 heterocycles. The van der Waals surface area contributed by atoms with Crippen molar-refractivity contribution in [3.05, 3.63) is 42.2 Å². The molecule has 0 saturated carbocycles. The lowest BCUT2D eigenvalue weighted by atomic mass is 9.79. The minimum absolute atomic E-state index is 0.00550. The zero-order chi connectivity index (χ0) is 17.1. The molecular weight excluding hydrogens is 314 g/mol. The smallest absolute Gasteiger partial charge is 0.276 e. The molecule has 1 N–H and O–H groups in total. The molecule has 25 heavy (non-hydrogen) atoms. The van der Waals surface area contributed by atoms with E-state index < -0.39 is 0 Å². The van der Waals surface area contributed by atoms with Crippen LogP contribution in [0.4, 0.5) is 0 Å². The fourth-order valence-corrected chi connectivity index (χ4v) is 4.12. The number of para-hydroxylation sites is 1. The topological polar surface area (TPSA) is 63.1 Å². The largest absolute Gasteiger partial charge is 0.337 e. The lowest BCUT2D eigenvalue weighted by Crippen LogP contribution is -2.42. The average molecular weight is 339 g/mol. The maximum Gasteiger partial charge on any atom is 0.276 e. The van der Waals surface area contributed by atoms with Crippen molar-refractivity contribution in [3.63, 3.8) is 0 Å². The highest BCUT2D eigenvalue weighted by molar-refractivity contribution is 5.92. The van der Waals surface area contributed by atoms with Gasteiger partial charge in [0.25, 0.3) is 5.91 Å². The third kappa shape index (κ3) is 3.58. The van der Waals surface area contributed by atoms with Crippen LogP contribution in [0.2, 0.25) is 0 Å². The Bertz CT molecular complexity index is 700. The number of carbonyl (C=O) groups excluding carboxylic acids is 1. The number of piperidine rings is 2. The van der Waals surface area contributed by atoms with E-state index in [0.717, 1.165) is 56.5 Å². The average Bonchev–Trinajstić information content (AvgIpc) is 3.19. The Morgan fingerprint density at radius 2 is 1.68 bits per heavy atom. The number of likely N-dealkylation sites (tertiary alicyclic amines) is 1. The summed E-state index contributed by atoms with van der Waals surface area (Å²) in [7, 11) is 0. The van der Waals surface area contributed by atoms with Gasteiger partial charge in [-0.2, -0.15) is 0 Å². The number of aromatic nitrogens is 3. The molecule has 1 amide bonds. The second-order valence-corrected chi connectivity index (χ2v) is 7.10. The highest BCUT2D eigenvalue weighted by Crippen LogP contribution is 2.31. The lowest BCUT2D eigenvalue weighted by Gasteiger charge is -2.37. The standard InChI is InChI=1S/C19H25N5O/c25-19(18-14-24(22-21-18)17-4-2-1-3-5-17)23-12-8-16(9-13-23)15-6-10-20-11-7-15/h1-5,14-16,20H,6-13H2. The molecule has 2 aliphatic rings. The van der Waals surface area contributed by atoms with Crippen LogP contribution in [0.1, 0.15) is 36.2 Å². The first-order valence-electron chi connectivity index (χ1n) is 9.29. The van der Waals surface area contributed by atoms with Crippen molar-refractivity contribution in [2.24, 2.45) is 11.8 Å². The molecule has 6 nitrogen and oxygen atoms in total. The van der Waals surface area contributed by atoms with E-state index in [4.69, 9.17) is 0 Å². The van der Waals surface area contributed by atoms with Gasteiger partial charge in [0.1, 0.15) is 0 Å². The van der Waals surface area contributed by atoms with Gasteiger partial charge in [-0.15, -0.1) is 5.10 Å². The molecule has 2 saturated heterocycles. The number of amides is 1. The van der Waals surface area contributed by atoms with Gasteiger partial charge in [0.2, 0.25) is 0 Å². The third-order valence-electron chi connectivity index (χ3n) is 5.61. The molecule has 132 valence electrons. The summed E-state index contributed by atoms with van der Waals surface area (Å²) in [4.78, 5) is 14.7. The van der Waals surface area contributed by atoms with Crippen LogP contribution in [0.15, 0.2) is 36.5 Å². The summed E-state index contributed by atoms with van der Waals surface area (Å²) in [5.74, 6) is 1.61. The van der Waals surface area contributed by atoms with Crippen LogP contribution in [0.25, 0.3) is 5.69 Å². The number of hydrogen-bond acceptors (Lipinski definition) is 4. The SMILES string of the molecule is O=C(c1cn(-c2ccccc2)nn1)N1CCC(C2CCNCC2)CC1. The van der Waals surface area contributed by atoms with Gasteiger partial charge in [-0.3, -0.25) is 4.79 Å². The molecule has 0 bridgehead atoms. The Kier molecular flexibility index (Phi) is 4.78. The molecule has 2 fully saturated rings. The minimum atomic E-state index is 0.00550.